The van der Waals surface area contributed by atoms with Crippen LogP contribution in [0.5, 0.6) is 0 Å². The van der Waals surface area contributed by atoms with E-state index in [1.165, 1.54) is 29.8 Å². The summed E-state index contributed by atoms with van der Waals surface area (Å²) in [6.45, 7) is 3.66. The molecule has 24 heavy (non-hydrogen) atoms. The number of anilines is 1. The van der Waals surface area contributed by atoms with Crippen LogP contribution in [-0.4, -0.2) is 27.1 Å². The normalized spacial score (nSPS) is 12.5. The van der Waals surface area contributed by atoms with E-state index in [1.54, 1.807) is 12.1 Å². The van der Waals surface area contributed by atoms with E-state index in [2.05, 4.69) is 15.3 Å². The molecule has 2 aromatic heterocycles. The molecule has 1 unspecified atom stereocenters. The molecule has 0 bridgehead atoms. The molecule has 7 heteroatoms. The molecule has 0 fully saturated rings. The number of nitrogens with one attached hydrogen (secondary N) is 1. The van der Waals surface area contributed by atoms with Gasteiger partial charge in [-0.2, -0.15) is 0 Å². The predicted molar refractivity (Wildman–Crippen MR) is 92.7 cm³/mol. The highest BCUT2D eigenvalue weighted by Gasteiger charge is 2.23. The van der Waals surface area contributed by atoms with Crippen molar-refractivity contribution in [1.29, 1.82) is 0 Å². The lowest BCUT2D eigenvalue weighted by Crippen LogP contribution is -2.34. The first kappa shape index (κ1) is 16.3. The van der Waals surface area contributed by atoms with Crippen LogP contribution >= 0.6 is 11.3 Å². The Morgan fingerprint density at radius 2 is 1.96 bits per heavy atom. The van der Waals surface area contributed by atoms with Crippen molar-refractivity contribution >= 4 is 33.3 Å². The predicted octanol–water partition coefficient (Wildman–Crippen LogP) is 4.02. The molecular weight excluding hydrogens is 329 g/mol. The summed E-state index contributed by atoms with van der Waals surface area (Å²) in [4.78, 5) is 20.7. The van der Waals surface area contributed by atoms with Gasteiger partial charge in [-0.1, -0.05) is 26.0 Å². The SMILES string of the molecule is CC(C)C(Nc1ncnc2scc(-c3ccc(F)cc3)c12)C(=O)O. The molecule has 2 heterocycles. The summed E-state index contributed by atoms with van der Waals surface area (Å²) < 4.78 is 13.2. The monoisotopic (exact) mass is 345 g/mol. The maximum atomic E-state index is 13.2. The van der Waals surface area contributed by atoms with Gasteiger partial charge in [-0.05, 0) is 23.6 Å². The van der Waals surface area contributed by atoms with Gasteiger partial charge in [0.15, 0.2) is 0 Å². The molecule has 2 N–H and O–H groups in total. The molecule has 0 amide bonds. The number of carboxylic acids is 1. The summed E-state index contributed by atoms with van der Waals surface area (Å²) >= 11 is 1.44. The summed E-state index contributed by atoms with van der Waals surface area (Å²) in [6, 6.07) is 5.40. The van der Waals surface area contributed by atoms with Gasteiger partial charge in [0, 0.05) is 10.9 Å². The second-order valence-electron chi connectivity index (χ2n) is 5.76. The van der Waals surface area contributed by atoms with Crippen LogP contribution in [-0.2, 0) is 4.79 Å². The lowest BCUT2D eigenvalue weighted by atomic mass is 10.0. The Hall–Kier alpha value is -2.54. The highest BCUT2D eigenvalue weighted by Crippen LogP contribution is 2.36. The number of fused-ring (bicyclic) bond motifs is 1. The first-order valence-corrected chi connectivity index (χ1v) is 8.33. The molecule has 0 saturated heterocycles. The summed E-state index contributed by atoms with van der Waals surface area (Å²) in [5.41, 5.74) is 1.68. The fourth-order valence-electron chi connectivity index (χ4n) is 2.49. The number of aliphatic carboxylic acids is 1. The Morgan fingerprint density at radius 1 is 1.25 bits per heavy atom. The van der Waals surface area contributed by atoms with Crippen molar-refractivity contribution in [3.8, 4) is 11.1 Å². The van der Waals surface area contributed by atoms with E-state index in [4.69, 9.17) is 0 Å². The summed E-state index contributed by atoms with van der Waals surface area (Å²) in [7, 11) is 0. The van der Waals surface area contributed by atoms with Crippen molar-refractivity contribution in [3.63, 3.8) is 0 Å². The van der Waals surface area contributed by atoms with Gasteiger partial charge in [0.05, 0.1) is 5.39 Å². The Balaban J connectivity index is 2.10. The Kier molecular flexibility index (Phi) is 4.44. The molecule has 1 aromatic carbocycles. The smallest absolute Gasteiger partial charge is 0.326 e. The number of thiophene rings is 1. The average molecular weight is 345 g/mol. The third-order valence-electron chi connectivity index (χ3n) is 3.75. The molecule has 0 saturated carbocycles. The first-order chi connectivity index (χ1) is 11.5. The van der Waals surface area contributed by atoms with Gasteiger partial charge in [0.1, 0.15) is 28.8 Å². The van der Waals surface area contributed by atoms with Crippen LogP contribution in [0.2, 0.25) is 0 Å². The molecule has 3 rings (SSSR count). The molecule has 0 aliphatic heterocycles. The van der Waals surface area contributed by atoms with Crippen LogP contribution in [0, 0.1) is 11.7 Å². The van der Waals surface area contributed by atoms with Crippen molar-refractivity contribution in [3.05, 3.63) is 41.8 Å². The Labute approximate surface area is 142 Å². The van der Waals surface area contributed by atoms with Gasteiger partial charge in [0.2, 0.25) is 0 Å². The largest absolute Gasteiger partial charge is 0.480 e. The number of carboxylic acid groups (broad SMARTS) is 1. The number of hydrogen-bond acceptors (Lipinski definition) is 5. The van der Waals surface area contributed by atoms with E-state index in [0.29, 0.717) is 5.82 Å². The number of hydrogen-bond donors (Lipinski definition) is 2. The van der Waals surface area contributed by atoms with E-state index < -0.39 is 12.0 Å². The Morgan fingerprint density at radius 3 is 2.58 bits per heavy atom. The minimum atomic E-state index is -0.935. The average Bonchev–Trinajstić information content (AvgIpc) is 2.97. The second kappa shape index (κ2) is 6.52. The van der Waals surface area contributed by atoms with Crippen molar-refractivity contribution in [1.82, 2.24) is 9.97 Å². The van der Waals surface area contributed by atoms with E-state index in [0.717, 1.165) is 21.3 Å². The highest BCUT2D eigenvalue weighted by atomic mass is 32.1. The zero-order chi connectivity index (χ0) is 17.3. The summed E-state index contributed by atoms with van der Waals surface area (Å²) in [5.74, 6) is -0.879. The van der Waals surface area contributed by atoms with Crippen molar-refractivity contribution in [2.75, 3.05) is 5.32 Å². The third-order valence-corrected chi connectivity index (χ3v) is 4.64. The highest BCUT2D eigenvalue weighted by molar-refractivity contribution is 7.17. The molecule has 5 nitrogen and oxygen atoms in total. The first-order valence-electron chi connectivity index (χ1n) is 7.45. The molecule has 124 valence electrons. The standard InChI is InChI=1S/C17H16FN3O2S/c1-9(2)14(17(22)23)21-15-13-12(7-24-16(13)20-8-19-15)10-3-5-11(18)6-4-10/h3-9,14H,1-2H3,(H,22,23)(H,19,20,21). The van der Waals surface area contributed by atoms with Gasteiger partial charge in [-0.15, -0.1) is 11.3 Å². The number of carbonyl (C=O) groups is 1. The van der Waals surface area contributed by atoms with E-state index in [9.17, 15) is 14.3 Å². The van der Waals surface area contributed by atoms with E-state index in [-0.39, 0.29) is 11.7 Å². The molecular formula is C17H16FN3O2S. The number of halogens is 1. The number of benzene rings is 1. The summed E-state index contributed by atoms with van der Waals surface area (Å²) in [5, 5.41) is 15.1. The van der Waals surface area contributed by atoms with Gasteiger partial charge in [-0.25, -0.2) is 19.2 Å². The minimum Gasteiger partial charge on any atom is -0.480 e. The van der Waals surface area contributed by atoms with E-state index >= 15 is 0 Å². The number of rotatable bonds is 5. The lowest BCUT2D eigenvalue weighted by Gasteiger charge is -2.19. The molecule has 3 aromatic rings. The van der Waals surface area contributed by atoms with Crippen molar-refractivity contribution < 1.29 is 14.3 Å². The van der Waals surface area contributed by atoms with Gasteiger partial charge in [0.25, 0.3) is 0 Å². The fraction of sp³-hybridized carbons (Fsp3) is 0.235. The van der Waals surface area contributed by atoms with Gasteiger partial charge in [-0.3, -0.25) is 0 Å². The molecule has 1 atom stereocenters. The quantitative estimate of drug-likeness (QED) is 0.730. The van der Waals surface area contributed by atoms with Gasteiger partial charge >= 0.3 is 5.97 Å². The number of aromatic nitrogens is 2. The topological polar surface area (TPSA) is 75.1 Å². The zero-order valence-corrected chi connectivity index (χ0v) is 14.0. The van der Waals surface area contributed by atoms with E-state index in [1.807, 2.05) is 19.2 Å². The van der Waals surface area contributed by atoms with Crippen LogP contribution in [0.15, 0.2) is 36.0 Å². The van der Waals surface area contributed by atoms with Crippen LogP contribution < -0.4 is 5.32 Å². The fourth-order valence-corrected chi connectivity index (χ4v) is 3.40. The van der Waals surface area contributed by atoms with Crippen LogP contribution in [0.3, 0.4) is 0 Å². The second-order valence-corrected chi connectivity index (χ2v) is 6.62. The minimum absolute atomic E-state index is 0.111. The maximum Gasteiger partial charge on any atom is 0.326 e. The summed E-state index contributed by atoms with van der Waals surface area (Å²) in [6.07, 6.45) is 1.41. The third kappa shape index (κ3) is 3.07. The van der Waals surface area contributed by atoms with Gasteiger partial charge < -0.3 is 10.4 Å². The molecule has 0 aliphatic rings. The van der Waals surface area contributed by atoms with Crippen molar-refractivity contribution in [2.24, 2.45) is 5.92 Å². The number of nitrogens with zero attached hydrogens (tertiary/aromatic N) is 2. The molecule has 0 aliphatic carbocycles. The lowest BCUT2D eigenvalue weighted by molar-refractivity contribution is -0.138. The zero-order valence-electron chi connectivity index (χ0n) is 13.2. The molecule has 0 radical (unpaired) electrons. The van der Waals surface area contributed by atoms with Crippen LogP contribution in [0.1, 0.15) is 13.8 Å². The van der Waals surface area contributed by atoms with Crippen molar-refractivity contribution in [2.45, 2.75) is 19.9 Å². The van der Waals surface area contributed by atoms with Crippen LogP contribution in [0.25, 0.3) is 21.3 Å². The van der Waals surface area contributed by atoms with Crippen LogP contribution in [0.4, 0.5) is 10.2 Å². The maximum absolute atomic E-state index is 13.2. The molecule has 0 spiro atoms. The Bertz CT molecular complexity index is 877.